The van der Waals surface area contributed by atoms with Crippen molar-refractivity contribution < 1.29 is 24.2 Å². The number of para-hydroxylation sites is 1. The van der Waals surface area contributed by atoms with E-state index in [9.17, 15) is 14.0 Å². The lowest BCUT2D eigenvalue weighted by molar-refractivity contribution is 0.0680. The second-order valence-electron chi connectivity index (χ2n) is 5.92. The predicted octanol–water partition coefficient (Wildman–Crippen LogP) is 3.52. The van der Waals surface area contributed by atoms with Crippen molar-refractivity contribution >= 4 is 39.5 Å². The molecule has 0 amide bonds. The first-order valence-electron chi connectivity index (χ1n) is 9.16. The molecule has 32 heavy (non-hydrogen) atoms. The number of carboxylic acids is 2. The summed E-state index contributed by atoms with van der Waals surface area (Å²) in [5.41, 5.74) is 0.579. The van der Waals surface area contributed by atoms with Crippen LogP contribution in [0.25, 0.3) is 0 Å². The molecule has 4 rings (SSSR count). The molecule has 0 bridgehead atoms. The van der Waals surface area contributed by atoms with Crippen molar-refractivity contribution in [2.75, 3.05) is 18.4 Å². The van der Waals surface area contributed by atoms with Crippen molar-refractivity contribution in [2.24, 2.45) is 4.99 Å². The van der Waals surface area contributed by atoms with E-state index >= 15 is 0 Å². The number of aromatic nitrogens is 2. The fourth-order valence-corrected chi connectivity index (χ4v) is 2.64. The van der Waals surface area contributed by atoms with Gasteiger partial charge in [0.15, 0.2) is 5.96 Å². The molecule has 2 aromatic heterocycles. The van der Waals surface area contributed by atoms with Gasteiger partial charge in [0, 0.05) is 23.4 Å². The number of benzene rings is 1. The topological polar surface area (TPSA) is 137 Å². The van der Waals surface area contributed by atoms with Crippen LogP contribution in [0.3, 0.4) is 0 Å². The second-order valence-corrected chi connectivity index (χ2v) is 6.77. The first kappa shape index (κ1) is 24.4. The van der Waals surface area contributed by atoms with Crippen LogP contribution in [0, 0.1) is 5.82 Å². The normalized spacial score (nSPS) is 11.5. The molecule has 0 unspecified atom stereocenters. The molecule has 0 spiro atoms. The highest BCUT2D eigenvalue weighted by molar-refractivity contribution is 9.10. The molecule has 3 aromatic rings. The van der Waals surface area contributed by atoms with Crippen molar-refractivity contribution in [3.05, 3.63) is 88.7 Å². The third-order valence-corrected chi connectivity index (χ3v) is 4.31. The average Bonchev–Trinajstić information content (AvgIpc) is 3.32. The van der Waals surface area contributed by atoms with Gasteiger partial charge in [-0.2, -0.15) is 0 Å². The van der Waals surface area contributed by atoms with Crippen LogP contribution >= 0.6 is 15.9 Å². The summed E-state index contributed by atoms with van der Waals surface area (Å²) in [6, 6.07) is 14.3. The van der Waals surface area contributed by atoms with Gasteiger partial charge in [0.1, 0.15) is 17.2 Å². The maximum absolute atomic E-state index is 13.3. The highest BCUT2D eigenvalue weighted by Crippen LogP contribution is 2.25. The summed E-state index contributed by atoms with van der Waals surface area (Å²) < 4.78 is 14.0. The predicted molar refractivity (Wildman–Crippen MR) is 120 cm³/mol. The third-order valence-electron chi connectivity index (χ3n) is 3.65. The Bertz CT molecular complexity index is 999. The molecule has 9 nitrogen and oxygen atoms in total. The number of rotatable bonds is 3. The van der Waals surface area contributed by atoms with Gasteiger partial charge in [0.2, 0.25) is 0 Å². The summed E-state index contributed by atoms with van der Waals surface area (Å²) in [4.78, 5) is 31.6. The minimum Gasteiger partial charge on any atom is -0.477 e. The van der Waals surface area contributed by atoms with Crippen LogP contribution in [0.2, 0.25) is 0 Å². The number of pyridine rings is 2. The van der Waals surface area contributed by atoms with Gasteiger partial charge in [0.25, 0.3) is 0 Å². The number of hydrogen-bond acceptors (Lipinski definition) is 7. The molecule has 1 aliphatic rings. The van der Waals surface area contributed by atoms with Crippen LogP contribution in [0.1, 0.15) is 21.0 Å². The molecule has 0 fully saturated rings. The molecule has 0 saturated carbocycles. The Balaban J connectivity index is 0.000000178. The lowest BCUT2D eigenvalue weighted by atomic mass is 10.3. The maximum Gasteiger partial charge on any atom is 0.354 e. The number of hydrogen-bond donors (Lipinski definition) is 4. The van der Waals surface area contributed by atoms with Crippen LogP contribution in [0.4, 0.5) is 10.1 Å². The molecule has 4 N–H and O–H groups in total. The minimum atomic E-state index is -0.990. The number of carboxylic acid groups (broad SMARTS) is 2. The average molecular weight is 504 g/mol. The van der Waals surface area contributed by atoms with Gasteiger partial charge in [-0.15, -0.1) is 0 Å². The van der Waals surface area contributed by atoms with E-state index in [1.165, 1.54) is 30.6 Å². The fraction of sp³-hybridized carbons (Fsp3) is 0.0952. The summed E-state index contributed by atoms with van der Waals surface area (Å²) in [7, 11) is 0. The van der Waals surface area contributed by atoms with E-state index in [2.05, 4.69) is 41.5 Å². The Labute approximate surface area is 191 Å². The molecule has 1 aliphatic heterocycles. The molecule has 11 heteroatoms. The molecule has 0 radical (unpaired) electrons. The van der Waals surface area contributed by atoms with E-state index in [4.69, 9.17) is 10.2 Å². The highest BCUT2D eigenvalue weighted by atomic mass is 79.9. The first-order chi connectivity index (χ1) is 15.4. The Kier molecular flexibility index (Phi) is 9.72. The molecule has 3 heterocycles. The van der Waals surface area contributed by atoms with Gasteiger partial charge < -0.3 is 20.8 Å². The van der Waals surface area contributed by atoms with E-state index in [1.54, 1.807) is 36.4 Å². The lowest BCUT2D eigenvalue weighted by Crippen LogP contribution is -2.26. The smallest absolute Gasteiger partial charge is 0.354 e. The lowest BCUT2D eigenvalue weighted by Gasteiger charge is -2.09. The molecule has 1 aromatic carbocycles. The number of halogens is 2. The van der Waals surface area contributed by atoms with Crippen molar-refractivity contribution in [1.29, 1.82) is 0 Å². The molecule has 166 valence electrons. The molecule has 0 saturated heterocycles. The van der Waals surface area contributed by atoms with Gasteiger partial charge in [-0.05, 0) is 52.3 Å². The molecule has 0 atom stereocenters. The summed E-state index contributed by atoms with van der Waals surface area (Å²) in [5, 5.41) is 22.5. The van der Waals surface area contributed by atoms with Crippen molar-refractivity contribution in [1.82, 2.24) is 15.3 Å². The van der Waals surface area contributed by atoms with Crippen molar-refractivity contribution in [3.63, 3.8) is 0 Å². The zero-order valence-corrected chi connectivity index (χ0v) is 18.2. The summed E-state index contributed by atoms with van der Waals surface area (Å²) in [5.74, 6) is -1.65. The van der Waals surface area contributed by atoms with Gasteiger partial charge >= 0.3 is 11.9 Å². The van der Waals surface area contributed by atoms with Gasteiger partial charge in [-0.1, -0.05) is 18.2 Å². The zero-order valence-electron chi connectivity index (χ0n) is 16.6. The number of nitrogens with zero attached hydrogens (tertiary/aromatic N) is 3. The number of aliphatic imine (C=N–C) groups is 1. The van der Waals surface area contributed by atoms with Crippen LogP contribution in [0.15, 0.2) is 76.5 Å². The second kappa shape index (κ2) is 12.7. The maximum atomic E-state index is 13.3. The minimum absolute atomic E-state index is 0.0810. The Hall–Kier alpha value is -3.86. The van der Waals surface area contributed by atoms with E-state index in [-0.39, 0.29) is 17.2 Å². The summed E-state index contributed by atoms with van der Waals surface area (Å²) in [6.07, 6.45) is 2.90. The number of guanidine groups is 1. The highest BCUT2D eigenvalue weighted by Gasteiger charge is 2.10. The van der Waals surface area contributed by atoms with Gasteiger partial charge in [0.05, 0.1) is 12.2 Å². The molecular formula is C21H19BrFN5O4. The SMILES string of the molecule is Fc1cccc(Br)c1NC1=NCCN1.O=C(O)c1ccccn1.O=C(O)c1ccccn1. The van der Waals surface area contributed by atoms with Crippen LogP contribution in [-0.2, 0) is 0 Å². The van der Waals surface area contributed by atoms with Crippen LogP contribution in [0.5, 0.6) is 0 Å². The number of aromatic carboxylic acids is 2. The standard InChI is InChI=1S/C9H9BrFN3.2C6H5NO2/c10-6-2-1-3-7(11)8(6)14-9-12-4-5-13-9;2*8-6(9)5-3-1-2-4-7-5/h1-3H,4-5H2,(H2,12,13,14);2*1-4H,(H,8,9). The summed E-state index contributed by atoms with van der Waals surface area (Å²) >= 11 is 3.27. The Morgan fingerprint density at radius 2 is 1.53 bits per heavy atom. The fourth-order valence-electron chi connectivity index (χ4n) is 2.20. The van der Waals surface area contributed by atoms with Crippen molar-refractivity contribution in [2.45, 2.75) is 0 Å². The summed E-state index contributed by atoms with van der Waals surface area (Å²) in [6.45, 7) is 1.53. The van der Waals surface area contributed by atoms with Crippen LogP contribution in [-0.4, -0.2) is 51.2 Å². The monoisotopic (exact) mass is 503 g/mol. The molecular weight excluding hydrogens is 485 g/mol. The largest absolute Gasteiger partial charge is 0.477 e. The zero-order chi connectivity index (χ0) is 23.3. The van der Waals surface area contributed by atoms with E-state index in [0.717, 1.165) is 13.1 Å². The van der Waals surface area contributed by atoms with Gasteiger partial charge in [-0.3, -0.25) is 4.99 Å². The Morgan fingerprint density at radius 1 is 0.938 bits per heavy atom. The van der Waals surface area contributed by atoms with Crippen molar-refractivity contribution in [3.8, 4) is 0 Å². The number of carbonyl (C=O) groups is 2. The molecule has 0 aliphatic carbocycles. The Morgan fingerprint density at radius 3 is 1.91 bits per heavy atom. The first-order valence-corrected chi connectivity index (χ1v) is 9.95. The quantitative estimate of drug-likeness (QED) is 0.426. The number of anilines is 1. The van der Waals surface area contributed by atoms with E-state index in [0.29, 0.717) is 16.1 Å². The van der Waals surface area contributed by atoms with Gasteiger partial charge in [-0.25, -0.2) is 23.9 Å². The van der Waals surface area contributed by atoms with E-state index in [1.807, 2.05) is 0 Å². The van der Waals surface area contributed by atoms with E-state index < -0.39 is 11.9 Å². The third kappa shape index (κ3) is 8.11. The number of nitrogens with one attached hydrogen (secondary N) is 2. The van der Waals surface area contributed by atoms with Crippen LogP contribution < -0.4 is 10.6 Å².